The second-order valence-corrected chi connectivity index (χ2v) is 5.23. The molecule has 112 valence electrons. The Kier molecular flexibility index (Phi) is 5.24. The van der Waals surface area contributed by atoms with E-state index in [0.717, 1.165) is 4.90 Å². The fourth-order valence-corrected chi connectivity index (χ4v) is 1.72. The molecule has 1 atom stereocenters. The summed E-state index contributed by atoms with van der Waals surface area (Å²) in [5.41, 5.74) is 0. The molecule has 7 nitrogen and oxygen atoms in total. The van der Waals surface area contributed by atoms with Crippen LogP contribution in [0, 0.1) is 5.92 Å². The van der Waals surface area contributed by atoms with Crippen LogP contribution in [0.2, 0.25) is 0 Å². The summed E-state index contributed by atoms with van der Waals surface area (Å²) in [5.74, 6) is -2.00. The summed E-state index contributed by atoms with van der Waals surface area (Å²) in [7, 11) is 0. The number of amides is 5. The number of nitrogens with zero attached hydrogens (tertiary/aromatic N) is 2. The summed E-state index contributed by atoms with van der Waals surface area (Å²) in [6.45, 7) is 7.30. The van der Waals surface area contributed by atoms with Gasteiger partial charge in [-0.05, 0) is 19.3 Å². The van der Waals surface area contributed by atoms with Gasteiger partial charge in [0.25, 0.3) is 0 Å². The Morgan fingerprint density at radius 1 is 1.10 bits per heavy atom. The lowest BCUT2D eigenvalue weighted by molar-refractivity contribution is -0.144. The van der Waals surface area contributed by atoms with Crippen LogP contribution >= 0.6 is 0 Å². The summed E-state index contributed by atoms with van der Waals surface area (Å²) >= 11 is 0. The molecule has 0 aromatic carbocycles. The van der Waals surface area contributed by atoms with Gasteiger partial charge in [0.1, 0.15) is 6.54 Å². The smallest absolute Gasteiger partial charge is 0.334 e. The van der Waals surface area contributed by atoms with E-state index in [2.05, 4.69) is 5.32 Å². The van der Waals surface area contributed by atoms with E-state index in [4.69, 9.17) is 0 Å². The van der Waals surface area contributed by atoms with E-state index in [9.17, 15) is 19.2 Å². The second-order valence-electron chi connectivity index (χ2n) is 5.23. The number of hydrogen-bond acceptors (Lipinski definition) is 4. The maximum Gasteiger partial charge on any atom is 0.334 e. The van der Waals surface area contributed by atoms with Crippen molar-refractivity contribution in [1.29, 1.82) is 0 Å². The molecule has 0 saturated carbocycles. The average molecular weight is 283 g/mol. The van der Waals surface area contributed by atoms with Crippen LogP contribution in [-0.2, 0) is 14.4 Å². The molecule has 0 aromatic heterocycles. The molecule has 1 aliphatic heterocycles. The molecule has 0 unspecified atom stereocenters. The number of nitrogens with one attached hydrogen (secondary N) is 1. The van der Waals surface area contributed by atoms with E-state index in [1.54, 1.807) is 6.92 Å². The van der Waals surface area contributed by atoms with Crippen LogP contribution in [-0.4, -0.2) is 52.7 Å². The predicted molar refractivity (Wildman–Crippen MR) is 71.6 cm³/mol. The SMILES string of the molecule is CCCN1C(=O)C(=O)N(CC(=O)N[C@@H](C)C(C)C)C1=O. The highest BCUT2D eigenvalue weighted by atomic mass is 16.2. The molecule has 1 N–H and O–H groups in total. The average Bonchev–Trinajstić information content (AvgIpc) is 2.56. The van der Waals surface area contributed by atoms with Gasteiger partial charge in [0.15, 0.2) is 0 Å². The molecule has 0 bridgehead atoms. The summed E-state index contributed by atoms with van der Waals surface area (Å²) in [6.07, 6.45) is 0.565. The molecule has 0 aliphatic carbocycles. The Balaban J connectivity index is 2.68. The van der Waals surface area contributed by atoms with Crippen LogP contribution in [0.3, 0.4) is 0 Å². The normalized spacial score (nSPS) is 17.1. The third-order valence-electron chi connectivity index (χ3n) is 3.27. The summed E-state index contributed by atoms with van der Waals surface area (Å²) in [6, 6.07) is -0.785. The van der Waals surface area contributed by atoms with Gasteiger partial charge < -0.3 is 5.32 Å². The number of rotatable bonds is 6. The minimum absolute atomic E-state index is 0.0715. The first-order valence-electron chi connectivity index (χ1n) is 6.76. The number of carbonyl (C=O) groups excluding carboxylic acids is 4. The molecule has 1 heterocycles. The van der Waals surface area contributed by atoms with Crippen molar-refractivity contribution in [3.63, 3.8) is 0 Å². The van der Waals surface area contributed by atoms with Crippen molar-refractivity contribution in [3.05, 3.63) is 0 Å². The van der Waals surface area contributed by atoms with E-state index >= 15 is 0 Å². The lowest BCUT2D eigenvalue weighted by Crippen LogP contribution is -2.45. The van der Waals surface area contributed by atoms with Crippen molar-refractivity contribution in [2.45, 2.75) is 40.2 Å². The van der Waals surface area contributed by atoms with Gasteiger partial charge in [-0.15, -0.1) is 0 Å². The third kappa shape index (κ3) is 3.34. The van der Waals surface area contributed by atoms with Crippen molar-refractivity contribution >= 4 is 23.8 Å². The van der Waals surface area contributed by atoms with Gasteiger partial charge in [0, 0.05) is 12.6 Å². The molecule has 1 saturated heterocycles. The highest BCUT2D eigenvalue weighted by Crippen LogP contribution is 2.12. The molecule has 0 spiro atoms. The quantitative estimate of drug-likeness (QED) is 0.563. The van der Waals surface area contributed by atoms with Gasteiger partial charge in [0.05, 0.1) is 0 Å². The summed E-state index contributed by atoms with van der Waals surface area (Å²) in [4.78, 5) is 48.6. The van der Waals surface area contributed by atoms with E-state index < -0.39 is 30.3 Å². The number of imide groups is 2. The van der Waals surface area contributed by atoms with Crippen LogP contribution in [0.5, 0.6) is 0 Å². The highest BCUT2D eigenvalue weighted by Gasteiger charge is 2.44. The minimum Gasteiger partial charge on any atom is -0.352 e. The van der Waals surface area contributed by atoms with Gasteiger partial charge in [-0.3, -0.25) is 19.3 Å². The third-order valence-corrected chi connectivity index (χ3v) is 3.27. The molecule has 0 radical (unpaired) electrons. The molecule has 5 amide bonds. The van der Waals surface area contributed by atoms with Crippen LogP contribution in [0.15, 0.2) is 0 Å². The zero-order chi connectivity index (χ0) is 15.4. The van der Waals surface area contributed by atoms with Crippen molar-refractivity contribution in [2.75, 3.05) is 13.1 Å². The molecule has 0 aromatic rings. The van der Waals surface area contributed by atoms with Crippen LogP contribution in [0.4, 0.5) is 4.79 Å². The highest BCUT2D eigenvalue weighted by molar-refractivity contribution is 6.45. The Morgan fingerprint density at radius 3 is 2.15 bits per heavy atom. The van der Waals surface area contributed by atoms with Crippen LogP contribution in [0.25, 0.3) is 0 Å². The molecule has 1 fully saturated rings. The first-order valence-corrected chi connectivity index (χ1v) is 6.76. The van der Waals surface area contributed by atoms with Gasteiger partial charge in [-0.25, -0.2) is 9.69 Å². The Morgan fingerprint density at radius 2 is 1.65 bits per heavy atom. The Bertz CT molecular complexity index is 433. The fourth-order valence-electron chi connectivity index (χ4n) is 1.72. The van der Waals surface area contributed by atoms with Crippen LogP contribution < -0.4 is 5.32 Å². The maximum absolute atomic E-state index is 11.9. The van der Waals surface area contributed by atoms with Gasteiger partial charge in [-0.2, -0.15) is 0 Å². The fraction of sp³-hybridized carbons (Fsp3) is 0.692. The molecule has 7 heteroatoms. The number of carbonyl (C=O) groups is 4. The Labute approximate surface area is 118 Å². The number of hydrogen-bond donors (Lipinski definition) is 1. The van der Waals surface area contributed by atoms with Gasteiger partial charge in [0.2, 0.25) is 5.91 Å². The maximum atomic E-state index is 11.9. The van der Waals surface area contributed by atoms with E-state index in [1.807, 2.05) is 20.8 Å². The second kappa shape index (κ2) is 6.49. The molecule has 1 rings (SSSR count). The largest absolute Gasteiger partial charge is 0.352 e. The van der Waals surface area contributed by atoms with Crippen molar-refractivity contribution in [1.82, 2.24) is 15.1 Å². The zero-order valence-corrected chi connectivity index (χ0v) is 12.3. The molecular formula is C13H21N3O4. The zero-order valence-electron chi connectivity index (χ0n) is 12.3. The lowest BCUT2D eigenvalue weighted by Gasteiger charge is -2.19. The predicted octanol–water partition coefficient (Wildman–Crippen LogP) is 0.348. The first-order chi connectivity index (χ1) is 9.29. The Hall–Kier alpha value is -1.92. The van der Waals surface area contributed by atoms with Crippen LogP contribution in [0.1, 0.15) is 34.1 Å². The van der Waals surface area contributed by atoms with Crippen molar-refractivity contribution in [3.8, 4) is 0 Å². The van der Waals surface area contributed by atoms with Gasteiger partial charge >= 0.3 is 17.8 Å². The molecular weight excluding hydrogens is 262 g/mol. The minimum atomic E-state index is -0.934. The van der Waals surface area contributed by atoms with E-state index in [-0.39, 0.29) is 18.5 Å². The topological polar surface area (TPSA) is 86.8 Å². The van der Waals surface area contributed by atoms with Crippen molar-refractivity contribution in [2.24, 2.45) is 5.92 Å². The summed E-state index contributed by atoms with van der Waals surface area (Å²) in [5, 5.41) is 2.69. The summed E-state index contributed by atoms with van der Waals surface area (Å²) < 4.78 is 0. The lowest BCUT2D eigenvalue weighted by atomic mass is 10.1. The van der Waals surface area contributed by atoms with E-state index in [0.29, 0.717) is 11.3 Å². The standard InChI is InChI=1S/C13H21N3O4/c1-5-6-15-11(18)12(19)16(13(15)20)7-10(17)14-9(4)8(2)3/h8-9H,5-7H2,1-4H3,(H,14,17)/t9-/m0/s1. The monoisotopic (exact) mass is 283 g/mol. The molecule has 20 heavy (non-hydrogen) atoms. The molecule has 1 aliphatic rings. The number of urea groups is 1. The van der Waals surface area contributed by atoms with Crippen molar-refractivity contribution < 1.29 is 19.2 Å². The van der Waals surface area contributed by atoms with E-state index in [1.165, 1.54) is 0 Å². The first kappa shape index (κ1) is 16.1. The van der Waals surface area contributed by atoms with Gasteiger partial charge in [-0.1, -0.05) is 20.8 Å².